The molecule has 0 amide bonds. The molecule has 112 valence electrons. The van der Waals surface area contributed by atoms with Gasteiger partial charge in [0.2, 0.25) is 0 Å². The zero-order valence-corrected chi connectivity index (χ0v) is 12.8. The second-order valence-electron chi connectivity index (χ2n) is 5.02. The molecule has 0 saturated carbocycles. The first-order chi connectivity index (χ1) is 10.2. The maximum Gasteiger partial charge on any atom is 0.145 e. The highest BCUT2D eigenvalue weighted by Gasteiger charge is 2.06. The highest BCUT2D eigenvalue weighted by Crippen LogP contribution is 2.26. The Morgan fingerprint density at radius 3 is 2.71 bits per heavy atom. The number of aryl methyl sites for hydroxylation is 2. The highest BCUT2D eigenvalue weighted by atomic mass is 16.5. The average Bonchev–Trinajstić information content (AvgIpc) is 2.48. The maximum atomic E-state index is 5.94. The molecular weight excluding hydrogens is 264 g/mol. The number of benzene rings is 1. The lowest BCUT2D eigenvalue weighted by molar-refractivity contribution is 0.199. The summed E-state index contributed by atoms with van der Waals surface area (Å²) in [4.78, 5) is 4.25. The van der Waals surface area contributed by atoms with Crippen molar-refractivity contribution < 1.29 is 9.47 Å². The lowest BCUT2D eigenvalue weighted by Gasteiger charge is -2.13. The molecule has 0 fully saturated rings. The van der Waals surface area contributed by atoms with Crippen LogP contribution in [0.3, 0.4) is 0 Å². The SMILES string of the molecule is COCCNCc1cc(C)ccc1Oc1ccc(C)nc1. The molecule has 4 heteroatoms. The summed E-state index contributed by atoms with van der Waals surface area (Å²) in [5, 5.41) is 3.34. The average molecular weight is 286 g/mol. The minimum atomic E-state index is 0.698. The van der Waals surface area contributed by atoms with E-state index in [0.29, 0.717) is 6.61 Å². The summed E-state index contributed by atoms with van der Waals surface area (Å²) in [5.41, 5.74) is 3.33. The van der Waals surface area contributed by atoms with Gasteiger partial charge in [-0.1, -0.05) is 17.7 Å². The van der Waals surface area contributed by atoms with Crippen molar-refractivity contribution in [2.24, 2.45) is 0 Å². The Labute approximate surface area is 126 Å². The van der Waals surface area contributed by atoms with E-state index < -0.39 is 0 Å². The number of hydrogen-bond acceptors (Lipinski definition) is 4. The Bertz CT molecular complexity index is 568. The van der Waals surface area contributed by atoms with E-state index in [4.69, 9.17) is 9.47 Å². The van der Waals surface area contributed by atoms with E-state index in [1.807, 2.05) is 25.1 Å². The van der Waals surface area contributed by atoms with E-state index >= 15 is 0 Å². The van der Waals surface area contributed by atoms with Crippen LogP contribution in [0.4, 0.5) is 0 Å². The summed E-state index contributed by atoms with van der Waals surface area (Å²) in [6.45, 7) is 6.30. The van der Waals surface area contributed by atoms with Crippen LogP contribution in [0.5, 0.6) is 11.5 Å². The van der Waals surface area contributed by atoms with E-state index in [-0.39, 0.29) is 0 Å². The van der Waals surface area contributed by atoms with Crippen molar-refractivity contribution in [1.29, 1.82) is 0 Å². The van der Waals surface area contributed by atoms with Crippen molar-refractivity contribution in [2.75, 3.05) is 20.3 Å². The van der Waals surface area contributed by atoms with Gasteiger partial charge in [0, 0.05) is 31.5 Å². The van der Waals surface area contributed by atoms with E-state index in [9.17, 15) is 0 Å². The van der Waals surface area contributed by atoms with Crippen LogP contribution < -0.4 is 10.1 Å². The minimum Gasteiger partial charge on any atom is -0.455 e. The molecule has 0 atom stereocenters. The molecule has 0 unspecified atom stereocenters. The van der Waals surface area contributed by atoms with Gasteiger partial charge in [-0.2, -0.15) is 0 Å². The molecule has 0 radical (unpaired) electrons. The third kappa shape index (κ3) is 4.85. The van der Waals surface area contributed by atoms with Crippen LogP contribution in [0.15, 0.2) is 36.5 Å². The number of nitrogens with zero attached hydrogens (tertiary/aromatic N) is 1. The van der Waals surface area contributed by atoms with Crippen LogP contribution in [0.2, 0.25) is 0 Å². The molecule has 0 spiro atoms. The summed E-state index contributed by atoms with van der Waals surface area (Å²) in [6, 6.07) is 10.1. The van der Waals surface area contributed by atoms with Crippen molar-refractivity contribution in [1.82, 2.24) is 10.3 Å². The van der Waals surface area contributed by atoms with Crippen molar-refractivity contribution in [3.8, 4) is 11.5 Å². The molecule has 1 N–H and O–H groups in total. The molecule has 21 heavy (non-hydrogen) atoms. The zero-order chi connectivity index (χ0) is 15.1. The fourth-order valence-corrected chi connectivity index (χ4v) is 1.98. The maximum absolute atomic E-state index is 5.94. The molecule has 1 aromatic carbocycles. The molecule has 0 saturated heterocycles. The van der Waals surface area contributed by atoms with Gasteiger partial charge in [0.05, 0.1) is 12.8 Å². The Morgan fingerprint density at radius 1 is 1.14 bits per heavy atom. The molecular formula is C17H22N2O2. The highest BCUT2D eigenvalue weighted by molar-refractivity contribution is 5.39. The van der Waals surface area contributed by atoms with Gasteiger partial charge in [-0.3, -0.25) is 4.98 Å². The Hall–Kier alpha value is -1.91. The van der Waals surface area contributed by atoms with Crippen LogP contribution in [0, 0.1) is 13.8 Å². The van der Waals surface area contributed by atoms with Crippen LogP contribution in [-0.4, -0.2) is 25.2 Å². The van der Waals surface area contributed by atoms with Gasteiger partial charge < -0.3 is 14.8 Å². The third-order valence-corrected chi connectivity index (χ3v) is 3.13. The molecule has 0 bridgehead atoms. The number of rotatable bonds is 7. The molecule has 4 nitrogen and oxygen atoms in total. The zero-order valence-electron chi connectivity index (χ0n) is 12.8. The van der Waals surface area contributed by atoms with Gasteiger partial charge in [0.15, 0.2) is 0 Å². The van der Waals surface area contributed by atoms with Crippen LogP contribution in [0.25, 0.3) is 0 Å². The summed E-state index contributed by atoms with van der Waals surface area (Å²) in [6.07, 6.45) is 1.75. The molecule has 0 aliphatic carbocycles. The normalized spacial score (nSPS) is 10.6. The number of aromatic nitrogens is 1. The monoisotopic (exact) mass is 286 g/mol. The lowest BCUT2D eigenvalue weighted by Crippen LogP contribution is -2.18. The number of ether oxygens (including phenoxy) is 2. The van der Waals surface area contributed by atoms with E-state index in [2.05, 4.69) is 29.4 Å². The topological polar surface area (TPSA) is 43.4 Å². The van der Waals surface area contributed by atoms with Gasteiger partial charge in [-0.15, -0.1) is 0 Å². The standard InChI is InChI=1S/C17H22N2O2/c1-13-4-7-17(15(10-13)11-18-8-9-20-3)21-16-6-5-14(2)19-12-16/h4-7,10,12,18H,8-9,11H2,1-3H3. The lowest BCUT2D eigenvalue weighted by atomic mass is 10.1. The molecule has 1 heterocycles. The molecule has 0 aliphatic heterocycles. The number of nitrogens with one attached hydrogen (secondary N) is 1. The molecule has 1 aromatic heterocycles. The van der Waals surface area contributed by atoms with Gasteiger partial charge in [-0.05, 0) is 32.0 Å². The number of methoxy groups -OCH3 is 1. The molecule has 2 rings (SSSR count). The first-order valence-electron chi connectivity index (χ1n) is 7.09. The van der Waals surface area contributed by atoms with Crippen molar-refractivity contribution in [2.45, 2.75) is 20.4 Å². The van der Waals surface area contributed by atoms with Crippen molar-refractivity contribution in [3.05, 3.63) is 53.3 Å². The Kier molecular flexibility index (Phi) is 5.72. The molecule has 2 aromatic rings. The van der Waals surface area contributed by atoms with Crippen LogP contribution in [-0.2, 0) is 11.3 Å². The van der Waals surface area contributed by atoms with Gasteiger partial charge in [0.25, 0.3) is 0 Å². The van der Waals surface area contributed by atoms with Crippen molar-refractivity contribution in [3.63, 3.8) is 0 Å². The van der Waals surface area contributed by atoms with E-state index in [1.54, 1.807) is 13.3 Å². The van der Waals surface area contributed by atoms with Gasteiger partial charge >= 0.3 is 0 Å². The van der Waals surface area contributed by atoms with Crippen molar-refractivity contribution >= 4 is 0 Å². The van der Waals surface area contributed by atoms with Crippen LogP contribution in [0.1, 0.15) is 16.8 Å². The quantitative estimate of drug-likeness (QED) is 0.794. The van der Waals surface area contributed by atoms with Gasteiger partial charge in [-0.25, -0.2) is 0 Å². The van der Waals surface area contributed by atoms with Gasteiger partial charge in [0.1, 0.15) is 11.5 Å². The van der Waals surface area contributed by atoms with Crippen LogP contribution >= 0.6 is 0 Å². The smallest absolute Gasteiger partial charge is 0.145 e. The number of hydrogen-bond donors (Lipinski definition) is 1. The first-order valence-corrected chi connectivity index (χ1v) is 7.09. The van der Waals surface area contributed by atoms with E-state index in [0.717, 1.165) is 35.8 Å². The fraction of sp³-hybridized carbons (Fsp3) is 0.353. The second kappa shape index (κ2) is 7.76. The summed E-state index contributed by atoms with van der Waals surface area (Å²) in [5.74, 6) is 1.61. The minimum absolute atomic E-state index is 0.698. The third-order valence-electron chi connectivity index (χ3n) is 3.13. The first kappa shape index (κ1) is 15.5. The second-order valence-corrected chi connectivity index (χ2v) is 5.02. The molecule has 0 aliphatic rings. The Morgan fingerprint density at radius 2 is 2.00 bits per heavy atom. The largest absolute Gasteiger partial charge is 0.455 e. The Balaban J connectivity index is 2.08. The summed E-state index contributed by atoms with van der Waals surface area (Å²) in [7, 11) is 1.70. The predicted octanol–water partition coefficient (Wildman–Crippen LogP) is 3.23. The van der Waals surface area contributed by atoms with E-state index in [1.165, 1.54) is 5.56 Å². The fourth-order valence-electron chi connectivity index (χ4n) is 1.98. The number of pyridine rings is 1. The summed E-state index contributed by atoms with van der Waals surface area (Å²) >= 11 is 0. The predicted molar refractivity (Wildman–Crippen MR) is 83.8 cm³/mol. The summed E-state index contributed by atoms with van der Waals surface area (Å²) < 4.78 is 11.0.